The van der Waals surface area contributed by atoms with E-state index in [0.717, 1.165) is 35.5 Å². The summed E-state index contributed by atoms with van der Waals surface area (Å²) in [5.74, 6) is 9.81. The summed E-state index contributed by atoms with van der Waals surface area (Å²) < 4.78 is 0. The zero-order valence-corrected chi connectivity index (χ0v) is 26.7. The second kappa shape index (κ2) is 14.9. The molecule has 0 heterocycles. The average Bonchev–Trinajstić information content (AvgIpc) is 3.09. The number of thioether (sulfide) groups is 1. The third-order valence-electron chi connectivity index (χ3n) is 7.49. The van der Waals surface area contributed by atoms with Crippen LogP contribution in [0, 0.1) is 64.1 Å². The molecule has 0 spiro atoms. The number of nitro groups is 4. The molecule has 0 saturated carbocycles. The molecule has 1 aliphatic rings. The summed E-state index contributed by atoms with van der Waals surface area (Å²) in [6.07, 6.45) is 0.518. The number of carbonyl (C=O) groups is 1. The van der Waals surface area contributed by atoms with E-state index in [0.29, 0.717) is 21.6 Å². The lowest BCUT2D eigenvalue weighted by molar-refractivity contribution is -0.442. The quantitative estimate of drug-likeness (QED) is 0.0817. The highest BCUT2D eigenvalue weighted by atomic mass is 32.2. The Hall–Kier alpha value is -6.90. The number of allylic oxidation sites excluding steroid dienone is 4. The van der Waals surface area contributed by atoms with Crippen LogP contribution in [0.4, 0.5) is 11.4 Å². The van der Waals surface area contributed by atoms with Gasteiger partial charge in [-0.3, -0.25) is 45.3 Å². The van der Waals surface area contributed by atoms with Crippen molar-refractivity contribution in [1.29, 1.82) is 0 Å². The predicted molar refractivity (Wildman–Crippen MR) is 184 cm³/mol. The first-order chi connectivity index (χ1) is 23.9. The molecule has 0 aromatic heterocycles. The van der Waals surface area contributed by atoms with E-state index in [4.69, 9.17) is 0 Å². The van der Waals surface area contributed by atoms with E-state index in [9.17, 15) is 45.3 Å². The summed E-state index contributed by atoms with van der Waals surface area (Å²) in [6.45, 7) is 1.38. The molecule has 0 N–H and O–H groups in total. The van der Waals surface area contributed by atoms with Gasteiger partial charge in [0.1, 0.15) is 11.1 Å². The van der Waals surface area contributed by atoms with Crippen LogP contribution in [-0.4, -0.2) is 24.8 Å². The normalized spacial score (nSPS) is 13.5. The molecule has 0 amide bonds. The first-order valence-corrected chi connectivity index (χ1v) is 15.4. The molecule has 0 fully saturated rings. The van der Waals surface area contributed by atoms with Gasteiger partial charge < -0.3 is 0 Å². The Balaban J connectivity index is 1.53. The molecular formula is C36H22N4O9S. The maximum absolute atomic E-state index is 12.1. The Morgan fingerprint density at radius 3 is 1.88 bits per heavy atom. The minimum absolute atomic E-state index is 0.0659. The summed E-state index contributed by atoms with van der Waals surface area (Å²) in [5, 5.41) is 48.3. The Bertz CT molecular complexity index is 2260. The number of carbonyl (C=O) groups excluding carboxylic acids is 1. The summed E-state index contributed by atoms with van der Waals surface area (Å²) in [5.41, 5.74) is -0.755. The molecule has 13 nitrogen and oxygen atoms in total. The van der Waals surface area contributed by atoms with E-state index in [1.165, 1.54) is 19.1 Å². The smallest absolute Gasteiger partial charge is 0.286 e. The summed E-state index contributed by atoms with van der Waals surface area (Å²) in [7, 11) is 0. The van der Waals surface area contributed by atoms with Crippen LogP contribution in [0.5, 0.6) is 0 Å². The molecular weight excluding hydrogens is 664 g/mol. The lowest BCUT2D eigenvalue weighted by Gasteiger charge is -2.18. The molecule has 1 aliphatic carbocycles. The Morgan fingerprint density at radius 1 is 0.700 bits per heavy atom. The Morgan fingerprint density at radius 2 is 1.32 bits per heavy atom. The van der Waals surface area contributed by atoms with Crippen molar-refractivity contribution in [3.8, 4) is 34.8 Å². The lowest BCUT2D eigenvalue weighted by Crippen LogP contribution is -2.19. The van der Waals surface area contributed by atoms with Crippen molar-refractivity contribution >= 4 is 28.3 Å². The van der Waals surface area contributed by atoms with Gasteiger partial charge in [-0.1, -0.05) is 77.9 Å². The van der Waals surface area contributed by atoms with Crippen LogP contribution >= 0.6 is 11.8 Å². The topological polar surface area (TPSA) is 190 Å². The fraction of sp³-hybridized carbons (Fsp3) is 0.0833. The SMILES string of the molecule is CC(=O)Sc1ccc(C2CC([N+](=O)[O-])=C(C#Cc3cc([N+](=O)[O-])c(-c4ccc(C#Cc5ccccc5)cc4)cc3[N+](=O)[O-])C=C2[N+](=O)[O-])cc1. The van der Waals surface area contributed by atoms with Gasteiger partial charge in [0.2, 0.25) is 0 Å². The van der Waals surface area contributed by atoms with Crippen LogP contribution < -0.4 is 0 Å². The van der Waals surface area contributed by atoms with E-state index in [1.807, 2.05) is 30.3 Å². The van der Waals surface area contributed by atoms with Gasteiger partial charge in [-0.15, -0.1) is 0 Å². The molecule has 50 heavy (non-hydrogen) atoms. The van der Waals surface area contributed by atoms with Crippen molar-refractivity contribution in [2.45, 2.75) is 24.2 Å². The molecule has 246 valence electrons. The Labute approximate surface area is 287 Å². The average molecular weight is 687 g/mol. The van der Waals surface area contributed by atoms with Crippen molar-refractivity contribution in [2.24, 2.45) is 0 Å². The third-order valence-corrected chi connectivity index (χ3v) is 8.29. The second-order valence-corrected chi connectivity index (χ2v) is 12.0. The van der Waals surface area contributed by atoms with E-state index >= 15 is 0 Å². The number of hydrogen-bond acceptors (Lipinski definition) is 10. The van der Waals surface area contributed by atoms with Crippen LogP contribution in [0.2, 0.25) is 0 Å². The fourth-order valence-corrected chi connectivity index (χ4v) is 5.77. The van der Waals surface area contributed by atoms with Gasteiger partial charge in [-0.2, -0.15) is 0 Å². The van der Waals surface area contributed by atoms with Crippen molar-refractivity contribution in [1.82, 2.24) is 0 Å². The molecule has 0 radical (unpaired) electrons. The van der Waals surface area contributed by atoms with Gasteiger partial charge in [-0.05, 0) is 47.5 Å². The van der Waals surface area contributed by atoms with Crippen LogP contribution in [0.15, 0.2) is 119 Å². The molecule has 14 heteroatoms. The lowest BCUT2D eigenvalue weighted by atomic mass is 9.85. The first-order valence-electron chi connectivity index (χ1n) is 14.6. The second-order valence-electron chi connectivity index (χ2n) is 10.7. The van der Waals surface area contributed by atoms with E-state index in [-0.39, 0.29) is 16.3 Å². The number of benzene rings is 4. The maximum atomic E-state index is 12.1. The first kappa shape index (κ1) is 34.4. The van der Waals surface area contributed by atoms with Crippen LogP contribution in [0.3, 0.4) is 0 Å². The highest BCUT2D eigenvalue weighted by Crippen LogP contribution is 2.39. The third kappa shape index (κ3) is 7.96. The Kier molecular flexibility index (Phi) is 10.3. The molecule has 0 aliphatic heterocycles. The van der Waals surface area contributed by atoms with Gasteiger partial charge in [-0.25, -0.2) is 0 Å². The zero-order chi connectivity index (χ0) is 35.9. The van der Waals surface area contributed by atoms with Crippen molar-refractivity contribution in [2.75, 3.05) is 0 Å². The van der Waals surface area contributed by atoms with Gasteiger partial charge in [0.15, 0.2) is 5.12 Å². The molecule has 0 saturated heterocycles. The van der Waals surface area contributed by atoms with E-state index < -0.39 is 60.4 Å². The molecule has 5 rings (SSSR count). The van der Waals surface area contributed by atoms with Gasteiger partial charge in [0.05, 0.1) is 37.6 Å². The predicted octanol–water partition coefficient (Wildman–Crippen LogP) is 7.44. The summed E-state index contributed by atoms with van der Waals surface area (Å²) >= 11 is 0.960. The van der Waals surface area contributed by atoms with Crippen molar-refractivity contribution in [3.05, 3.63) is 177 Å². The highest BCUT2D eigenvalue weighted by Gasteiger charge is 2.37. The molecule has 4 aromatic rings. The molecule has 4 aromatic carbocycles. The minimum atomic E-state index is -1.03. The number of rotatable bonds is 7. The maximum Gasteiger partial charge on any atom is 0.286 e. The minimum Gasteiger partial charge on any atom is -0.287 e. The largest absolute Gasteiger partial charge is 0.287 e. The van der Waals surface area contributed by atoms with E-state index in [2.05, 4.69) is 23.7 Å². The standard InChI is InChI=1S/C36H22N4O9S/c1-23(41)50-30-17-15-27(16-18-30)32-22-34(38(44)45)29(20-36(32)40(48)49)14-13-28-19-35(39(46)47)31(21-33(28)37(42)43)26-11-9-25(10-12-26)8-7-24-5-3-2-4-6-24/h2-6,9-12,15-21,32H,22H2,1H3. The molecule has 0 bridgehead atoms. The molecule has 1 unspecified atom stereocenters. The zero-order valence-electron chi connectivity index (χ0n) is 25.9. The van der Waals surface area contributed by atoms with Crippen molar-refractivity contribution in [3.63, 3.8) is 0 Å². The van der Waals surface area contributed by atoms with Gasteiger partial charge >= 0.3 is 0 Å². The number of nitrogens with zero attached hydrogens (tertiary/aromatic N) is 4. The van der Waals surface area contributed by atoms with Gasteiger partial charge in [0, 0.05) is 41.2 Å². The molecule has 1 atom stereocenters. The van der Waals surface area contributed by atoms with E-state index in [1.54, 1.807) is 36.4 Å². The fourth-order valence-electron chi connectivity index (χ4n) is 5.17. The van der Waals surface area contributed by atoms with Crippen LogP contribution in [-0.2, 0) is 4.79 Å². The number of nitro benzene ring substituents is 2. The van der Waals surface area contributed by atoms with Gasteiger partial charge in [0.25, 0.3) is 22.8 Å². The van der Waals surface area contributed by atoms with Crippen LogP contribution in [0.1, 0.15) is 41.5 Å². The number of hydrogen-bond donors (Lipinski definition) is 0. The summed E-state index contributed by atoms with van der Waals surface area (Å²) in [6, 6.07) is 23.7. The monoisotopic (exact) mass is 686 g/mol. The van der Waals surface area contributed by atoms with Crippen molar-refractivity contribution < 1.29 is 24.5 Å². The highest BCUT2D eigenvalue weighted by molar-refractivity contribution is 8.13. The van der Waals surface area contributed by atoms with Crippen LogP contribution in [0.25, 0.3) is 11.1 Å². The summed E-state index contributed by atoms with van der Waals surface area (Å²) in [4.78, 5) is 57.5.